The van der Waals surface area contributed by atoms with Gasteiger partial charge in [0.1, 0.15) is 12.7 Å². The van der Waals surface area contributed by atoms with Crippen LogP contribution in [-0.2, 0) is 11.8 Å². The second kappa shape index (κ2) is 4.37. The molecule has 1 N–H and O–H groups in total. The Bertz CT molecular complexity index is 364. The standard InChI is InChI=1S/C8H11N5O/c1-6(11-7(14)3-4-9)8-12-10-5-13(8)2/h5-6H,3H2,1-2H3,(H,11,14). The third kappa shape index (κ3) is 2.29. The number of carbonyl (C=O) groups excluding carboxylic acids is 1. The highest BCUT2D eigenvalue weighted by atomic mass is 16.1. The van der Waals surface area contributed by atoms with E-state index in [0.29, 0.717) is 5.82 Å². The van der Waals surface area contributed by atoms with Crippen molar-refractivity contribution >= 4 is 5.91 Å². The van der Waals surface area contributed by atoms with Crippen LogP contribution in [0.25, 0.3) is 0 Å². The Balaban J connectivity index is 2.60. The topological polar surface area (TPSA) is 83.6 Å². The largest absolute Gasteiger partial charge is 0.345 e. The fourth-order valence-electron chi connectivity index (χ4n) is 1.11. The van der Waals surface area contributed by atoms with Gasteiger partial charge in [0, 0.05) is 7.05 Å². The number of nitrogens with zero attached hydrogens (tertiary/aromatic N) is 4. The Labute approximate surface area is 81.6 Å². The molecule has 0 radical (unpaired) electrons. The average Bonchev–Trinajstić information content (AvgIpc) is 2.51. The van der Waals surface area contributed by atoms with Gasteiger partial charge in [-0.3, -0.25) is 4.79 Å². The Morgan fingerprint density at radius 1 is 1.86 bits per heavy atom. The lowest BCUT2D eigenvalue weighted by atomic mass is 10.3. The zero-order valence-electron chi connectivity index (χ0n) is 8.06. The van der Waals surface area contributed by atoms with Crippen LogP contribution in [-0.4, -0.2) is 20.7 Å². The molecule has 0 aliphatic carbocycles. The first kappa shape index (κ1) is 10.2. The molecule has 1 unspecified atom stereocenters. The lowest BCUT2D eigenvalue weighted by molar-refractivity contribution is -0.120. The predicted molar refractivity (Wildman–Crippen MR) is 47.8 cm³/mol. The minimum Gasteiger partial charge on any atom is -0.345 e. The molecule has 1 aromatic rings. The van der Waals surface area contributed by atoms with Crippen LogP contribution in [0.15, 0.2) is 6.33 Å². The molecule has 0 saturated carbocycles. The lowest BCUT2D eigenvalue weighted by Gasteiger charge is -2.11. The molecule has 0 aliphatic rings. The van der Waals surface area contributed by atoms with Crippen molar-refractivity contribution in [3.8, 4) is 6.07 Å². The average molecular weight is 193 g/mol. The van der Waals surface area contributed by atoms with Gasteiger partial charge in [0.15, 0.2) is 5.82 Å². The summed E-state index contributed by atoms with van der Waals surface area (Å²) in [4.78, 5) is 11.1. The van der Waals surface area contributed by atoms with Crippen molar-refractivity contribution in [2.24, 2.45) is 7.05 Å². The van der Waals surface area contributed by atoms with E-state index in [2.05, 4.69) is 15.5 Å². The summed E-state index contributed by atoms with van der Waals surface area (Å²) in [5.74, 6) is 0.360. The first-order chi connectivity index (χ1) is 6.65. The summed E-state index contributed by atoms with van der Waals surface area (Å²) < 4.78 is 1.72. The predicted octanol–water partition coefficient (Wildman–Crippen LogP) is -0.0940. The maximum atomic E-state index is 11.1. The van der Waals surface area contributed by atoms with Crippen molar-refractivity contribution in [1.82, 2.24) is 20.1 Å². The molecule has 1 amide bonds. The van der Waals surface area contributed by atoms with E-state index >= 15 is 0 Å². The van der Waals surface area contributed by atoms with Crippen molar-refractivity contribution < 1.29 is 4.79 Å². The maximum absolute atomic E-state index is 11.1. The van der Waals surface area contributed by atoms with Crippen LogP contribution in [0, 0.1) is 11.3 Å². The van der Waals surface area contributed by atoms with Crippen LogP contribution in [0.2, 0.25) is 0 Å². The van der Waals surface area contributed by atoms with Gasteiger partial charge in [0.2, 0.25) is 5.91 Å². The minimum atomic E-state index is -0.303. The quantitative estimate of drug-likeness (QED) is 0.726. The molecule has 1 aromatic heterocycles. The lowest BCUT2D eigenvalue weighted by Crippen LogP contribution is -2.27. The number of hydrogen-bond acceptors (Lipinski definition) is 4. The van der Waals surface area contributed by atoms with Gasteiger partial charge in [0.25, 0.3) is 0 Å². The molecule has 0 bridgehead atoms. The molecule has 0 aromatic carbocycles. The molecule has 0 fully saturated rings. The van der Waals surface area contributed by atoms with E-state index in [4.69, 9.17) is 5.26 Å². The summed E-state index contributed by atoms with van der Waals surface area (Å²) in [6.45, 7) is 1.79. The van der Waals surface area contributed by atoms with E-state index in [0.717, 1.165) is 0 Å². The van der Waals surface area contributed by atoms with Gasteiger partial charge >= 0.3 is 0 Å². The van der Waals surface area contributed by atoms with Gasteiger partial charge in [-0.1, -0.05) is 0 Å². The molecule has 14 heavy (non-hydrogen) atoms. The Morgan fingerprint density at radius 3 is 3.07 bits per heavy atom. The number of hydrogen-bond donors (Lipinski definition) is 1. The number of nitrogens with one attached hydrogen (secondary N) is 1. The molecule has 1 atom stereocenters. The monoisotopic (exact) mass is 193 g/mol. The second-order valence-electron chi connectivity index (χ2n) is 2.92. The molecular weight excluding hydrogens is 182 g/mol. The Kier molecular flexibility index (Phi) is 3.18. The van der Waals surface area contributed by atoms with Gasteiger partial charge in [-0.25, -0.2) is 0 Å². The van der Waals surface area contributed by atoms with E-state index in [9.17, 15) is 4.79 Å². The number of nitriles is 1. The SMILES string of the molecule is CC(NC(=O)CC#N)c1nncn1C. The Hall–Kier alpha value is -1.90. The van der Waals surface area contributed by atoms with Crippen LogP contribution in [0.4, 0.5) is 0 Å². The van der Waals surface area contributed by atoms with E-state index < -0.39 is 0 Å². The molecule has 0 spiro atoms. The van der Waals surface area contributed by atoms with E-state index in [-0.39, 0.29) is 18.4 Å². The van der Waals surface area contributed by atoms with Crippen molar-refractivity contribution in [3.05, 3.63) is 12.2 Å². The molecule has 74 valence electrons. The van der Waals surface area contributed by atoms with Crippen molar-refractivity contribution in [2.75, 3.05) is 0 Å². The highest BCUT2D eigenvalue weighted by Gasteiger charge is 2.13. The van der Waals surface area contributed by atoms with Gasteiger partial charge in [-0.05, 0) is 6.92 Å². The fourth-order valence-corrected chi connectivity index (χ4v) is 1.11. The molecule has 0 aliphatic heterocycles. The maximum Gasteiger partial charge on any atom is 0.234 e. The summed E-state index contributed by atoms with van der Waals surface area (Å²) in [5.41, 5.74) is 0. The van der Waals surface area contributed by atoms with E-state index in [1.165, 1.54) is 0 Å². The molecule has 1 rings (SSSR count). The number of aryl methyl sites for hydroxylation is 1. The first-order valence-electron chi connectivity index (χ1n) is 4.15. The fraction of sp³-hybridized carbons (Fsp3) is 0.500. The van der Waals surface area contributed by atoms with Crippen LogP contribution >= 0.6 is 0 Å². The van der Waals surface area contributed by atoms with Crippen LogP contribution < -0.4 is 5.32 Å². The van der Waals surface area contributed by atoms with Crippen molar-refractivity contribution in [1.29, 1.82) is 5.26 Å². The number of rotatable bonds is 3. The van der Waals surface area contributed by atoms with Crippen molar-refractivity contribution in [3.63, 3.8) is 0 Å². The normalized spacial score (nSPS) is 11.8. The third-order valence-corrected chi connectivity index (χ3v) is 1.75. The van der Waals surface area contributed by atoms with E-state index in [1.54, 1.807) is 30.9 Å². The summed E-state index contributed by atoms with van der Waals surface area (Å²) in [6.07, 6.45) is 1.42. The molecule has 6 heteroatoms. The van der Waals surface area contributed by atoms with Gasteiger partial charge in [-0.15, -0.1) is 10.2 Å². The molecular formula is C8H11N5O. The van der Waals surface area contributed by atoms with E-state index in [1.807, 2.05) is 0 Å². The number of aromatic nitrogens is 3. The summed E-state index contributed by atoms with van der Waals surface area (Å²) >= 11 is 0. The van der Waals surface area contributed by atoms with Crippen LogP contribution in [0.1, 0.15) is 25.2 Å². The summed E-state index contributed by atoms with van der Waals surface area (Å²) in [7, 11) is 1.79. The minimum absolute atomic E-state index is 0.137. The van der Waals surface area contributed by atoms with Gasteiger partial charge in [-0.2, -0.15) is 5.26 Å². The first-order valence-corrected chi connectivity index (χ1v) is 4.15. The van der Waals surface area contributed by atoms with Gasteiger partial charge in [0.05, 0.1) is 12.1 Å². The van der Waals surface area contributed by atoms with Crippen LogP contribution in [0.5, 0.6) is 0 Å². The summed E-state index contributed by atoms with van der Waals surface area (Å²) in [6, 6.07) is 1.54. The van der Waals surface area contributed by atoms with Gasteiger partial charge < -0.3 is 9.88 Å². The summed E-state index contributed by atoms with van der Waals surface area (Å²) in [5, 5.41) is 18.5. The second-order valence-corrected chi connectivity index (χ2v) is 2.92. The third-order valence-electron chi connectivity index (χ3n) is 1.75. The highest BCUT2D eigenvalue weighted by Crippen LogP contribution is 2.06. The molecule has 0 saturated heterocycles. The smallest absolute Gasteiger partial charge is 0.234 e. The zero-order valence-corrected chi connectivity index (χ0v) is 8.06. The Morgan fingerprint density at radius 2 is 2.57 bits per heavy atom. The number of amides is 1. The van der Waals surface area contributed by atoms with Crippen LogP contribution in [0.3, 0.4) is 0 Å². The highest BCUT2D eigenvalue weighted by molar-refractivity contribution is 5.78. The zero-order chi connectivity index (χ0) is 10.6. The molecule has 1 heterocycles. The van der Waals surface area contributed by atoms with Crippen molar-refractivity contribution in [2.45, 2.75) is 19.4 Å². The molecule has 6 nitrogen and oxygen atoms in total. The number of carbonyl (C=O) groups is 1.